The van der Waals surface area contributed by atoms with Gasteiger partial charge in [-0.2, -0.15) is 0 Å². The maximum atomic E-state index is 6.49. The zero-order valence-corrected chi connectivity index (χ0v) is 13.0. The average Bonchev–Trinajstić information content (AvgIpc) is 2.93. The molecular weight excluding hydrogens is 258 g/mol. The second-order valence-corrected chi connectivity index (χ2v) is 5.98. The van der Waals surface area contributed by atoms with Crippen LogP contribution in [0, 0.1) is 6.92 Å². The molecule has 1 aliphatic rings. The van der Waals surface area contributed by atoms with Crippen molar-refractivity contribution < 1.29 is 0 Å². The summed E-state index contributed by atoms with van der Waals surface area (Å²) < 4.78 is 2.38. The monoisotopic (exact) mass is 283 g/mol. The van der Waals surface area contributed by atoms with E-state index in [0.717, 1.165) is 25.8 Å². The Kier molecular flexibility index (Phi) is 4.02. The molecule has 2 heterocycles. The molecule has 21 heavy (non-hydrogen) atoms. The zero-order valence-electron chi connectivity index (χ0n) is 13.0. The van der Waals surface area contributed by atoms with Gasteiger partial charge in [0.15, 0.2) is 0 Å². The first-order valence-corrected chi connectivity index (χ1v) is 7.94. The molecule has 0 spiro atoms. The fourth-order valence-electron chi connectivity index (χ4n) is 3.51. The number of anilines is 1. The third-order valence-electron chi connectivity index (χ3n) is 4.68. The largest absolute Gasteiger partial charge is 0.356 e. The van der Waals surface area contributed by atoms with Crippen molar-refractivity contribution in [3.63, 3.8) is 0 Å². The zero-order chi connectivity index (χ0) is 14.8. The van der Waals surface area contributed by atoms with Crippen LogP contribution in [0.25, 0.3) is 0 Å². The minimum atomic E-state index is 0.0956. The van der Waals surface area contributed by atoms with E-state index < -0.39 is 0 Å². The molecular formula is C18H25N3. The van der Waals surface area contributed by atoms with E-state index in [9.17, 15) is 0 Å². The molecule has 2 unspecified atom stereocenters. The van der Waals surface area contributed by atoms with E-state index in [1.807, 2.05) is 0 Å². The maximum absolute atomic E-state index is 6.49. The summed E-state index contributed by atoms with van der Waals surface area (Å²) in [7, 11) is 0. The van der Waals surface area contributed by atoms with Crippen molar-refractivity contribution in [1.82, 2.24) is 4.57 Å². The Morgan fingerprint density at radius 3 is 2.67 bits per heavy atom. The summed E-state index contributed by atoms with van der Waals surface area (Å²) in [4.78, 5) is 2.38. The van der Waals surface area contributed by atoms with Crippen LogP contribution < -0.4 is 10.6 Å². The van der Waals surface area contributed by atoms with E-state index in [1.165, 1.54) is 16.9 Å². The first kappa shape index (κ1) is 14.2. The van der Waals surface area contributed by atoms with E-state index in [2.05, 4.69) is 65.9 Å². The molecule has 2 atom stereocenters. The van der Waals surface area contributed by atoms with Gasteiger partial charge in [0.25, 0.3) is 0 Å². The summed E-state index contributed by atoms with van der Waals surface area (Å²) in [5.41, 5.74) is 10.5. The Labute approximate surface area is 127 Å². The Balaban J connectivity index is 1.79. The van der Waals surface area contributed by atoms with Crippen LogP contribution in [-0.2, 0) is 6.42 Å². The summed E-state index contributed by atoms with van der Waals surface area (Å²) >= 11 is 0. The van der Waals surface area contributed by atoms with Gasteiger partial charge in [-0.25, -0.2) is 0 Å². The van der Waals surface area contributed by atoms with E-state index in [-0.39, 0.29) is 6.17 Å². The second-order valence-electron chi connectivity index (χ2n) is 5.98. The average molecular weight is 283 g/mol. The molecule has 2 aromatic rings. The molecule has 3 nitrogen and oxygen atoms in total. The normalized spacial score (nSPS) is 22.5. The van der Waals surface area contributed by atoms with Crippen molar-refractivity contribution in [3.8, 4) is 0 Å². The second kappa shape index (κ2) is 5.94. The number of aromatic nitrogens is 1. The van der Waals surface area contributed by atoms with Crippen molar-refractivity contribution in [3.05, 3.63) is 53.9 Å². The van der Waals surface area contributed by atoms with Gasteiger partial charge in [0.2, 0.25) is 0 Å². The van der Waals surface area contributed by atoms with Crippen LogP contribution in [0.15, 0.2) is 42.6 Å². The number of rotatable bonds is 3. The highest BCUT2D eigenvalue weighted by atomic mass is 15.2. The molecule has 0 aliphatic carbocycles. The number of hydrogen-bond donors (Lipinski definition) is 1. The molecule has 1 aromatic carbocycles. The summed E-state index contributed by atoms with van der Waals surface area (Å²) in [5.74, 6) is 0. The lowest BCUT2D eigenvalue weighted by molar-refractivity contribution is 0.337. The molecule has 0 radical (unpaired) electrons. The van der Waals surface area contributed by atoms with E-state index in [4.69, 9.17) is 5.73 Å². The van der Waals surface area contributed by atoms with Crippen LogP contribution in [-0.4, -0.2) is 17.3 Å². The highest BCUT2D eigenvalue weighted by molar-refractivity contribution is 5.54. The van der Waals surface area contributed by atoms with Crippen LogP contribution in [0.3, 0.4) is 0 Å². The number of piperidine rings is 1. The molecule has 0 bridgehead atoms. The Morgan fingerprint density at radius 2 is 2.00 bits per heavy atom. The summed E-state index contributed by atoms with van der Waals surface area (Å²) in [6.45, 7) is 5.41. The highest BCUT2D eigenvalue weighted by Gasteiger charge is 2.28. The van der Waals surface area contributed by atoms with E-state index >= 15 is 0 Å². The number of para-hydroxylation sites is 1. The van der Waals surface area contributed by atoms with Crippen LogP contribution in [0.1, 0.15) is 37.1 Å². The molecule has 3 heteroatoms. The topological polar surface area (TPSA) is 34.2 Å². The van der Waals surface area contributed by atoms with Gasteiger partial charge < -0.3 is 15.2 Å². The lowest BCUT2D eigenvalue weighted by atomic mass is 9.99. The Bertz CT molecular complexity index is 602. The number of nitrogens with zero attached hydrogens (tertiary/aromatic N) is 2. The van der Waals surface area contributed by atoms with Gasteiger partial charge in [-0.3, -0.25) is 0 Å². The first-order valence-electron chi connectivity index (χ1n) is 7.94. The standard InChI is InChI=1S/C18H25N3/c1-3-15-8-4-5-9-17(15)21-12-10-16(13-18(21)19)20-11-6-7-14(20)2/h4-9,11,16,18H,3,10,12-13,19H2,1-2H3. The van der Waals surface area contributed by atoms with Crippen molar-refractivity contribution in [2.45, 2.75) is 45.3 Å². The number of nitrogens with two attached hydrogens (primary N) is 1. The Hall–Kier alpha value is -1.74. The van der Waals surface area contributed by atoms with Crippen LogP contribution >= 0.6 is 0 Å². The Morgan fingerprint density at radius 1 is 1.19 bits per heavy atom. The molecule has 0 amide bonds. The maximum Gasteiger partial charge on any atom is 0.0790 e. The SMILES string of the molecule is CCc1ccccc1N1CCC(n2cccc2C)CC1N. The fraction of sp³-hybridized carbons (Fsp3) is 0.444. The molecule has 1 aliphatic heterocycles. The molecule has 0 saturated carbocycles. The molecule has 1 aromatic heterocycles. The lowest BCUT2D eigenvalue weighted by Gasteiger charge is -2.40. The molecule has 112 valence electrons. The van der Waals surface area contributed by atoms with Gasteiger partial charge in [-0.1, -0.05) is 25.1 Å². The molecule has 3 rings (SSSR count). The predicted molar refractivity (Wildman–Crippen MR) is 88.6 cm³/mol. The molecule has 1 fully saturated rings. The highest BCUT2D eigenvalue weighted by Crippen LogP contribution is 2.31. The molecule has 2 N–H and O–H groups in total. The minimum Gasteiger partial charge on any atom is -0.356 e. The predicted octanol–water partition coefficient (Wildman–Crippen LogP) is 3.49. The van der Waals surface area contributed by atoms with Gasteiger partial charge in [-0.05, 0) is 43.5 Å². The van der Waals surface area contributed by atoms with Gasteiger partial charge in [0.05, 0.1) is 6.17 Å². The van der Waals surface area contributed by atoms with Crippen LogP contribution in [0.4, 0.5) is 5.69 Å². The lowest BCUT2D eigenvalue weighted by Crippen LogP contribution is -2.48. The number of benzene rings is 1. The van der Waals surface area contributed by atoms with E-state index in [0.29, 0.717) is 6.04 Å². The van der Waals surface area contributed by atoms with Gasteiger partial charge in [-0.15, -0.1) is 0 Å². The van der Waals surface area contributed by atoms with Gasteiger partial charge in [0.1, 0.15) is 0 Å². The quantitative estimate of drug-likeness (QED) is 0.935. The third kappa shape index (κ3) is 2.70. The van der Waals surface area contributed by atoms with Gasteiger partial charge in [0, 0.05) is 36.6 Å². The molecule has 1 saturated heterocycles. The van der Waals surface area contributed by atoms with Crippen LogP contribution in [0.2, 0.25) is 0 Å². The van der Waals surface area contributed by atoms with Gasteiger partial charge >= 0.3 is 0 Å². The number of aryl methyl sites for hydroxylation is 2. The van der Waals surface area contributed by atoms with E-state index in [1.54, 1.807) is 0 Å². The van der Waals surface area contributed by atoms with Crippen molar-refractivity contribution in [1.29, 1.82) is 0 Å². The van der Waals surface area contributed by atoms with Crippen molar-refractivity contribution in [2.24, 2.45) is 5.73 Å². The summed E-state index contributed by atoms with van der Waals surface area (Å²) in [5, 5.41) is 0. The smallest absolute Gasteiger partial charge is 0.0790 e. The van der Waals surface area contributed by atoms with Crippen molar-refractivity contribution in [2.75, 3.05) is 11.4 Å². The minimum absolute atomic E-state index is 0.0956. The van der Waals surface area contributed by atoms with Crippen LogP contribution in [0.5, 0.6) is 0 Å². The summed E-state index contributed by atoms with van der Waals surface area (Å²) in [6.07, 6.45) is 5.50. The summed E-state index contributed by atoms with van der Waals surface area (Å²) in [6, 6.07) is 13.5. The fourth-order valence-corrected chi connectivity index (χ4v) is 3.51. The van der Waals surface area contributed by atoms with Crippen molar-refractivity contribution >= 4 is 5.69 Å². The third-order valence-corrected chi connectivity index (χ3v) is 4.68. The number of hydrogen-bond acceptors (Lipinski definition) is 2. The first-order chi connectivity index (χ1) is 10.2.